The maximum atomic E-state index is 4.77. The summed E-state index contributed by atoms with van der Waals surface area (Å²) in [5.41, 5.74) is 13.8. The van der Waals surface area contributed by atoms with Crippen molar-refractivity contribution >= 4 is 26.5 Å². The molecule has 10 rings (SSSR count). The molecule has 0 bridgehead atoms. The summed E-state index contributed by atoms with van der Waals surface area (Å²) in [4.78, 5) is 18.0. The molecular weight excluding hydrogens is 1210 g/mol. The Morgan fingerprint density at radius 3 is 1.18 bits per heavy atom. The van der Waals surface area contributed by atoms with Gasteiger partial charge < -0.3 is 19.9 Å². The maximum absolute atomic E-state index is 4.77. The molecule has 348 valence electrons. The number of aromatic nitrogens is 4. The Hall–Kier alpha value is -4.79. The van der Waals surface area contributed by atoms with Gasteiger partial charge in [-0.3, -0.25) is 0 Å². The van der Waals surface area contributed by atoms with Crippen LogP contribution in [0.15, 0.2) is 158 Å². The number of nitrogens with zero attached hydrogens (tertiary/aromatic N) is 4. The SMILES string of the molecule is CC(C)Cc1cc(-c2[c-]cccc2)ncc1[Si]1(C)CCC1.Cc1cc(-c2[c-]cccc2)ncc1[Si]1(C)CCC1.Cc1ccnc(-c2[c-]cccc2)c1.Cc1ccnc(-c2[c-]cccc2)c1.[Ir].[Ir]. The molecule has 2 radical (unpaired) electrons. The van der Waals surface area contributed by atoms with Crippen molar-refractivity contribution in [3.63, 3.8) is 0 Å². The van der Waals surface area contributed by atoms with E-state index in [9.17, 15) is 0 Å². The molecule has 4 aromatic carbocycles. The number of rotatable bonds is 8. The Balaban J connectivity index is 0.000000169. The summed E-state index contributed by atoms with van der Waals surface area (Å²) in [6, 6.07) is 63.2. The largest absolute Gasteiger partial charge is 0.305 e. The molecule has 0 atom stereocenters. The third-order valence-electron chi connectivity index (χ3n) is 12.7. The van der Waals surface area contributed by atoms with Crippen LogP contribution in [0.4, 0.5) is 0 Å². The third kappa shape index (κ3) is 14.6. The Kier molecular flexibility index (Phi) is 20.3. The molecule has 0 amide bonds. The Bertz CT molecular complexity index is 2650. The van der Waals surface area contributed by atoms with E-state index in [1.807, 2.05) is 103 Å². The summed E-state index contributed by atoms with van der Waals surface area (Å²) in [7, 11) is -2.29. The van der Waals surface area contributed by atoms with Crippen molar-refractivity contribution in [3.8, 4) is 45.0 Å². The van der Waals surface area contributed by atoms with E-state index in [0.717, 1.165) is 45.0 Å². The zero-order valence-corrected chi connectivity index (χ0v) is 46.8. The van der Waals surface area contributed by atoms with Crippen molar-refractivity contribution in [2.45, 2.75) is 91.2 Å². The van der Waals surface area contributed by atoms with Crippen molar-refractivity contribution in [1.29, 1.82) is 0 Å². The summed E-state index contributed by atoms with van der Waals surface area (Å²) in [6.45, 7) is 16.0. The minimum atomic E-state index is -1.18. The zero-order valence-electron chi connectivity index (χ0n) is 40.0. The molecule has 4 nitrogen and oxygen atoms in total. The van der Waals surface area contributed by atoms with Gasteiger partial charge in [0.05, 0.1) is 16.1 Å². The van der Waals surface area contributed by atoms with Crippen molar-refractivity contribution in [2.24, 2.45) is 5.92 Å². The second-order valence-electron chi connectivity index (χ2n) is 18.6. The fourth-order valence-electron chi connectivity index (χ4n) is 8.66. The minimum absolute atomic E-state index is 0. The zero-order chi connectivity index (χ0) is 45.7. The summed E-state index contributed by atoms with van der Waals surface area (Å²) in [5, 5.41) is 3.18. The predicted molar refractivity (Wildman–Crippen MR) is 278 cm³/mol. The molecule has 2 saturated heterocycles. The van der Waals surface area contributed by atoms with Crippen LogP contribution in [0.5, 0.6) is 0 Å². The van der Waals surface area contributed by atoms with Gasteiger partial charge >= 0.3 is 0 Å². The quantitative estimate of drug-likeness (QED) is 0.112. The fraction of sp³-hybridized carbons (Fsp3) is 0.254. The monoisotopic (exact) mass is 1270 g/mol. The van der Waals surface area contributed by atoms with E-state index in [-0.39, 0.29) is 40.2 Å². The van der Waals surface area contributed by atoms with Gasteiger partial charge in [0.2, 0.25) is 0 Å². The summed E-state index contributed by atoms with van der Waals surface area (Å²) in [6.07, 6.45) is 12.0. The molecule has 8 aromatic rings. The first-order valence-electron chi connectivity index (χ1n) is 23.2. The molecule has 2 fully saturated rings. The molecule has 6 heterocycles. The Labute approximate surface area is 430 Å². The van der Waals surface area contributed by atoms with Crippen LogP contribution in [0.1, 0.15) is 48.9 Å². The van der Waals surface area contributed by atoms with Crippen LogP contribution in [0.25, 0.3) is 45.0 Å². The minimum Gasteiger partial charge on any atom is -0.305 e. The van der Waals surface area contributed by atoms with E-state index < -0.39 is 16.1 Å². The number of aryl methyl sites for hydroxylation is 3. The van der Waals surface area contributed by atoms with E-state index in [2.05, 4.69) is 142 Å². The van der Waals surface area contributed by atoms with Crippen LogP contribution in [-0.2, 0) is 46.6 Å². The molecule has 0 saturated carbocycles. The van der Waals surface area contributed by atoms with Crippen molar-refractivity contribution < 1.29 is 40.2 Å². The molecule has 0 N–H and O–H groups in total. The number of pyridine rings is 4. The van der Waals surface area contributed by atoms with Crippen molar-refractivity contribution in [2.75, 3.05) is 0 Å². The van der Waals surface area contributed by atoms with Crippen LogP contribution in [0, 0.1) is 51.0 Å². The van der Waals surface area contributed by atoms with E-state index in [0.29, 0.717) is 5.92 Å². The standard InChI is InChI=1S/C19H24NSi.C16H18NSi.2C12H10N.2Ir/c1-15(2)12-17-13-18(16-8-5-4-6-9-16)20-14-19(17)21(3)10-7-11-21;1-13-11-15(14-7-4-3-5-8-14)17-12-16(13)18(2)9-6-10-18;2*1-10-7-8-13-12(9-10)11-5-3-2-4-6-11;;/h4-6,8,13-15H,7,10-12H2,1-3H3;3-5,7,11-12H,6,9-10H2,1-2H3;2*2-5,7-9H,1H3;;/q4*-1;;. The van der Waals surface area contributed by atoms with Crippen LogP contribution in [0.3, 0.4) is 0 Å². The van der Waals surface area contributed by atoms with Crippen LogP contribution in [-0.4, -0.2) is 36.1 Å². The summed E-state index contributed by atoms with van der Waals surface area (Å²) < 4.78 is 0. The third-order valence-corrected chi connectivity index (χ3v) is 22.1. The van der Waals surface area contributed by atoms with Gasteiger partial charge in [-0.15, -0.1) is 144 Å². The summed E-state index contributed by atoms with van der Waals surface area (Å²) >= 11 is 0. The first-order valence-corrected chi connectivity index (χ1v) is 29.0. The van der Waals surface area contributed by atoms with E-state index in [1.54, 1.807) is 15.9 Å². The molecule has 67 heavy (non-hydrogen) atoms. The smallest absolute Gasteiger partial charge is 0.0859 e. The number of hydrogen-bond acceptors (Lipinski definition) is 4. The van der Waals surface area contributed by atoms with Gasteiger partial charge in [0.25, 0.3) is 0 Å². The first-order chi connectivity index (χ1) is 31.5. The van der Waals surface area contributed by atoms with Gasteiger partial charge in [0.15, 0.2) is 0 Å². The van der Waals surface area contributed by atoms with Gasteiger partial charge in [0.1, 0.15) is 0 Å². The second kappa shape index (κ2) is 25.5. The number of benzene rings is 4. The van der Waals surface area contributed by atoms with Gasteiger partial charge in [-0.25, -0.2) is 0 Å². The topological polar surface area (TPSA) is 51.6 Å². The van der Waals surface area contributed by atoms with E-state index >= 15 is 0 Å². The average molecular weight is 1270 g/mol. The van der Waals surface area contributed by atoms with Crippen molar-refractivity contribution in [1.82, 2.24) is 19.9 Å². The van der Waals surface area contributed by atoms with Crippen LogP contribution >= 0.6 is 0 Å². The van der Waals surface area contributed by atoms with Crippen LogP contribution in [0.2, 0.25) is 37.3 Å². The van der Waals surface area contributed by atoms with Crippen molar-refractivity contribution in [3.05, 3.63) is 205 Å². The molecule has 0 unspecified atom stereocenters. The molecule has 2 aliphatic heterocycles. The van der Waals surface area contributed by atoms with E-state index in [1.165, 1.54) is 60.1 Å². The fourth-order valence-corrected chi connectivity index (χ4v) is 15.3. The maximum Gasteiger partial charge on any atom is 0.0859 e. The van der Waals surface area contributed by atoms with Gasteiger partial charge in [-0.2, -0.15) is 0 Å². The predicted octanol–water partition coefficient (Wildman–Crippen LogP) is 13.7. The normalized spacial score (nSPS) is 13.7. The van der Waals surface area contributed by atoms with Crippen LogP contribution < -0.4 is 10.4 Å². The van der Waals surface area contributed by atoms with Gasteiger partial charge in [-0.05, 0) is 78.4 Å². The molecule has 4 aromatic heterocycles. The molecule has 0 spiro atoms. The molecule has 0 aliphatic carbocycles. The molecule has 2 aliphatic rings. The van der Waals surface area contributed by atoms with Gasteiger partial charge in [-0.1, -0.05) is 110 Å². The van der Waals surface area contributed by atoms with E-state index in [4.69, 9.17) is 4.98 Å². The van der Waals surface area contributed by atoms with Gasteiger partial charge in [0, 0.05) is 65.0 Å². The average Bonchev–Trinajstić information content (AvgIpc) is 3.32. The Morgan fingerprint density at radius 1 is 0.478 bits per heavy atom. The first kappa shape index (κ1) is 53.2. The number of hydrogen-bond donors (Lipinski definition) is 0. The second-order valence-corrected chi connectivity index (χ2v) is 27.9. The molecule has 8 heteroatoms. The summed E-state index contributed by atoms with van der Waals surface area (Å²) in [5.74, 6) is 0.691. The molecular formula is C59H62Ir2N4Si2-4. The Morgan fingerprint density at radius 2 is 0.851 bits per heavy atom.